The second-order valence-electron chi connectivity index (χ2n) is 3.35. The van der Waals surface area contributed by atoms with Crippen LogP contribution in [-0.2, 0) is 10.8 Å². The van der Waals surface area contributed by atoms with Crippen molar-refractivity contribution in [1.82, 2.24) is 0 Å². The molecule has 80 valence electrons. The van der Waals surface area contributed by atoms with Crippen LogP contribution >= 0.6 is 0 Å². The lowest BCUT2D eigenvalue weighted by atomic mass is 10.1. The molecule has 0 radical (unpaired) electrons. The Hall–Kier alpha value is -1.67. The molecule has 0 amide bonds. The van der Waals surface area contributed by atoms with E-state index in [2.05, 4.69) is 18.7 Å². The first-order valence-electron chi connectivity index (χ1n) is 5.00. The molecule has 0 aromatic heterocycles. The molecule has 0 aliphatic rings. The third-order valence-corrected chi connectivity index (χ3v) is 3.38. The van der Waals surface area contributed by atoms with E-state index in [0.717, 1.165) is 10.5 Å². The van der Waals surface area contributed by atoms with E-state index in [-0.39, 0.29) is 0 Å². The topological polar surface area (TPSA) is 17.1 Å². The summed E-state index contributed by atoms with van der Waals surface area (Å²) >= 11 is 0. The van der Waals surface area contributed by atoms with Crippen LogP contribution in [0.15, 0.2) is 71.5 Å². The molecular weight excluding hydrogens is 216 g/mol. The lowest BCUT2D eigenvalue weighted by Gasteiger charge is -2.02. The summed E-state index contributed by atoms with van der Waals surface area (Å²) in [7, 11) is -1.09. The van der Waals surface area contributed by atoms with Crippen LogP contribution in [0.4, 0.5) is 0 Å². The van der Waals surface area contributed by atoms with Gasteiger partial charge in [0.1, 0.15) is 0 Å². The lowest BCUT2D eigenvalue weighted by Crippen LogP contribution is -1.85. The smallest absolute Gasteiger partial charge is 0.0769 e. The van der Waals surface area contributed by atoms with Gasteiger partial charge in [-0.25, -0.2) is 4.21 Å². The van der Waals surface area contributed by atoms with Crippen molar-refractivity contribution in [3.63, 3.8) is 0 Å². The zero-order valence-electron chi connectivity index (χ0n) is 8.80. The van der Waals surface area contributed by atoms with Crippen molar-refractivity contribution in [2.75, 3.05) is 0 Å². The van der Waals surface area contributed by atoms with Crippen LogP contribution in [-0.4, -0.2) is 4.21 Å². The molecule has 0 bridgehead atoms. The number of rotatable bonds is 3. The van der Waals surface area contributed by atoms with Gasteiger partial charge in [-0.15, -0.1) is 0 Å². The molecule has 16 heavy (non-hydrogen) atoms. The highest BCUT2D eigenvalue weighted by Gasteiger charge is 2.00. The maximum absolute atomic E-state index is 11.5. The SMILES string of the molecule is C=CS(=O)c1ccc(-c2ccccc2)cc1. The molecule has 0 fully saturated rings. The third-order valence-electron chi connectivity index (χ3n) is 2.35. The Kier molecular flexibility index (Phi) is 3.32. The van der Waals surface area contributed by atoms with Crippen LogP contribution < -0.4 is 0 Å². The van der Waals surface area contributed by atoms with Crippen LogP contribution in [0.2, 0.25) is 0 Å². The Morgan fingerprint density at radius 3 is 2.00 bits per heavy atom. The molecule has 0 aliphatic heterocycles. The Labute approximate surface area is 97.9 Å². The minimum Gasteiger partial charge on any atom is -0.250 e. The molecule has 0 N–H and O–H groups in total. The zero-order valence-corrected chi connectivity index (χ0v) is 9.61. The molecular formula is C14H12OS. The minimum atomic E-state index is -1.09. The van der Waals surface area contributed by atoms with Crippen molar-refractivity contribution in [3.05, 3.63) is 66.6 Å². The third kappa shape index (κ3) is 2.28. The second-order valence-corrected chi connectivity index (χ2v) is 4.75. The Bertz CT molecular complexity index is 500. The summed E-state index contributed by atoms with van der Waals surface area (Å²) in [6.45, 7) is 3.52. The molecule has 2 heteroatoms. The highest BCUT2D eigenvalue weighted by atomic mass is 32.2. The number of hydrogen-bond donors (Lipinski definition) is 0. The highest BCUT2D eigenvalue weighted by molar-refractivity contribution is 7.88. The summed E-state index contributed by atoms with van der Waals surface area (Å²) in [5, 5.41) is 1.44. The first kappa shape index (κ1) is 10.8. The van der Waals surface area contributed by atoms with Crippen molar-refractivity contribution in [1.29, 1.82) is 0 Å². The monoisotopic (exact) mass is 228 g/mol. The van der Waals surface area contributed by atoms with Crippen LogP contribution in [0.25, 0.3) is 11.1 Å². The molecule has 2 aromatic carbocycles. The second kappa shape index (κ2) is 4.90. The summed E-state index contributed by atoms with van der Waals surface area (Å²) in [6.07, 6.45) is 0. The van der Waals surface area contributed by atoms with E-state index in [1.807, 2.05) is 42.5 Å². The van der Waals surface area contributed by atoms with Gasteiger partial charge in [-0.05, 0) is 23.3 Å². The van der Waals surface area contributed by atoms with Crippen LogP contribution in [0.1, 0.15) is 0 Å². The average molecular weight is 228 g/mol. The summed E-state index contributed by atoms with van der Waals surface area (Å²) in [5.41, 5.74) is 2.30. The van der Waals surface area contributed by atoms with Gasteiger partial charge in [0.25, 0.3) is 0 Å². The van der Waals surface area contributed by atoms with Gasteiger partial charge in [-0.3, -0.25) is 0 Å². The Morgan fingerprint density at radius 1 is 0.875 bits per heavy atom. The van der Waals surface area contributed by atoms with E-state index in [4.69, 9.17) is 0 Å². The first-order chi connectivity index (χ1) is 7.81. The molecule has 0 spiro atoms. The van der Waals surface area contributed by atoms with Crippen molar-refractivity contribution in [2.45, 2.75) is 4.90 Å². The average Bonchev–Trinajstić information content (AvgIpc) is 2.39. The molecule has 0 saturated carbocycles. The molecule has 1 unspecified atom stereocenters. The number of benzene rings is 2. The van der Waals surface area contributed by atoms with Crippen molar-refractivity contribution >= 4 is 10.8 Å². The molecule has 0 aliphatic carbocycles. The van der Waals surface area contributed by atoms with E-state index in [1.54, 1.807) is 0 Å². The lowest BCUT2D eigenvalue weighted by molar-refractivity contribution is 0.688. The summed E-state index contributed by atoms with van der Waals surface area (Å²) < 4.78 is 11.5. The van der Waals surface area contributed by atoms with Crippen molar-refractivity contribution < 1.29 is 4.21 Å². The first-order valence-corrected chi connectivity index (χ1v) is 6.21. The standard InChI is InChI=1S/C14H12OS/c1-2-16(15)14-10-8-13(9-11-14)12-6-4-3-5-7-12/h2-11H,1H2. The van der Waals surface area contributed by atoms with Crippen molar-refractivity contribution in [2.24, 2.45) is 0 Å². The fourth-order valence-electron chi connectivity index (χ4n) is 1.51. The van der Waals surface area contributed by atoms with E-state index in [1.165, 1.54) is 11.0 Å². The molecule has 2 aromatic rings. The van der Waals surface area contributed by atoms with Gasteiger partial charge < -0.3 is 0 Å². The minimum absolute atomic E-state index is 0.787. The highest BCUT2D eigenvalue weighted by Crippen LogP contribution is 2.20. The van der Waals surface area contributed by atoms with Gasteiger partial charge >= 0.3 is 0 Å². The zero-order chi connectivity index (χ0) is 11.4. The van der Waals surface area contributed by atoms with Crippen LogP contribution in [0.5, 0.6) is 0 Å². The van der Waals surface area contributed by atoms with E-state index < -0.39 is 10.8 Å². The number of hydrogen-bond acceptors (Lipinski definition) is 1. The van der Waals surface area contributed by atoms with Crippen molar-refractivity contribution in [3.8, 4) is 11.1 Å². The van der Waals surface area contributed by atoms with Gasteiger partial charge in [0.2, 0.25) is 0 Å². The van der Waals surface area contributed by atoms with Gasteiger partial charge in [-0.2, -0.15) is 0 Å². The predicted octanol–water partition coefficient (Wildman–Crippen LogP) is 3.60. The Morgan fingerprint density at radius 2 is 1.44 bits per heavy atom. The largest absolute Gasteiger partial charge is 0.250 e. The van der Waals surface area contributed by atoms with Gasteiger partial charge in [-0.1, -0.05) is 49.0 Å². The fourth-order valence-corrected chi connectivity index (χ4v) is 2.11. The summed E-state index contributed by atoms with van der Waals surface area (Å²) in [5.74, 6) is 0. The van der Waals surface area contributed by atoms with Gasteiger partial charge in [0.15, 0.2) is 0 Å². The molecule has 1 atom stereocenters. The molecule has 0 heterocycles. The van der Waals surface area contributed by atoms with Crippen LogP contribution in [0.3, 0.4) is 0 Å². The summed E-state index contributed by atoms with van der Waals surface area (Å²) in [4.78, 5) is 0.787. The molecule has 2 rings (SSSR count). The Balaban J connectivity index is 2.33. The maximum Gasteiger partial charge on any atom is 0.0769 e. The van der Waals surface area contributed by atoms with E-state index >= 15 is 0 Å². The molecule has 1 nitrogen and oxygen atoms in total. The van der Waals surface area contributed by atoms with Gasteiger partial charge in [0, 0.05) is 10.3 Å². The van der Waals surface area contributed by atoms with E-state index in [9.17, 15) is 4.21 Å². The summed E-state index contributed by atoms with van der Waals surface area (Å²) in [6, 6.07) is 17.8. The molecule has 0 saturated heterocycles. The quantitative estimate of drug-likeness (QED) is 0.784. The maximum atomic E-state index is 11.5. The normalized spacial score (nSPS) is 12.0. The van der Waals surface area contributed by atoms with E-state index in [0.29, 0.717) is 0 Å². The van der Waals surface area contributed by atoms with Gasteiger partial charge in [0.05, 0.1) is 10.8 Å². The fraction of sp³-hybridized carbons (Fsp3) is 0. The van der Waals surface area contributed by atoms with Crippen LogP contribution in [0, 0.1) is 0 Å². The predicted molar refractivity (Wildman–Crippen MR) is 68.5 cm³/mol.